The number of nitrogens with zero attached hydrogens (tertiary/aromatic N) is 1. The lowest BCUT2D eigenvalue weighted by Crippen LogP contribution is -2.51. The average molecular weight is 401 g/mol. The fourth-order valence-corrected chi connectivity index (χ4v) is 3.80. The number of hydrogen-bond donors (Lipinski definition) is 3. The molecule has 2 bridgehead atoms. The minimum Gasteiger partial charge on any atom is -0.341 e. The van der Waals surface area contributed by atoms with Crippen molar-refractivity contribution in [3.05, 3.63) is 34.9 Å². The predicted octanol–water partition coefficient (Wildman–Crippen LogP) is 2.30. The molecule has 2 aliphatic rings. The van der Waals surface area contributed by atoms with Crippen molar-refractivity contribution in [2.24, 2.45) is 0 Å². The van der Waals surface area contributed by atoms with Crippen LogP contribution in [0.4, 0.5) is 4.79 Å². The van der Waals surface area contributed by atoms with Crippen LogP contribution in [0, 0.1) is 0 Å². The summed E-state index contributed by atoms with van der Waals surface area (Å²) in [5.41, 5.74) is 0.952. The summed E-state index contributed by atoms with van der Waals surface area (Å²) in [5, 5.41) is 9.62. The van der Waals surface area contributed by atoms with Crippen molar-refractivity contribution in [2.75, 3.05) is 13.6 Å². The molecule has 0 aliphatic carbocycles. The van der Waals surface area contributed by atoms with Gasteiger partial charge >= 0.3 is 6.03 Å². The molecule has 0 saturated carbocycles. The molecule has 0 radical (unpaired) electrons. The molecule has 6 nitrogen and oxygen atoms in total. The van der Waals surface area contributed by atoms with Gasteiger partial charge in [-0.15, -0.1) is 12.4 Å². The molecule has 1 aromatic rings. The van der Waals surface area contributed by atoms with E-state index in [-0.39, 0.29) is 36.9 Å². The summed E-state index contributed by atoms with van der Waals surface area (Å²) < 4.78 is 0. The molecule has 26 heavy (non-hydrogen) atoms. The van der Waals surface area contributed by atoms with Gasteiger partial charge in [0.25, 0.3) is 0 Å². The van der Waals surface area contributed by atoms with E-state index in [1.54, 1.807) is 17.0 Å². The van der Waals surface area contributed by atoms with E-state index in [4.69, 9.17) is 11.6 Å². The van der Waals surface area contributed by atoms with Gasteiger partial charge < -0.3 is 20.9 Å². The van der Waals surface area contributed by atoms with Crippen LogP contribution in [-0.2, 0) is 11.3 Å². The van der Waals surface area contributed by atoms with Crippen LogP contribution < -0.4 is 16.0 Å². The van der Waals surface area contributed by atoms with Gasteiger partial charge in [0, 0.05) is 36.7 Å². The molecular weight excluding hydrogens is 375 g/mol. The zero-order chi connectivity index (χ0) is 17.8. The monoisotopic (exact) mass is 400 g/mol. The first-order valence-corrected chi connectivity index (χ1v) is 9.17. The smallest absolute Gasteiger partial charge is 0.315 e. The number of nitrogens with one attached hydrogen (secondary N) is 3. The maximum absolute atomic E-state index is 12.3. The number of carbonyl (C=O) groups excluding carboxylic acids is 2. The molecule has 8 heteroatoms. The second kappa shape index (κ2) is 9.44. The van der Waals surface area contributed by atoms with Crippen molar-refractivity contribution in [3.8, 4) is 0 Å². The molecule has 3 N–H and O–H groups in total. The van der Waals surface area contributed by atoms with Gasteiger partial charge in [-0.2, -0.15) is 0 Å². The van der Waals surface area contributed by atoms with E-state index < -0.39 is 0 Å². The summed E-state index contributed by atoms with van der Waals surface area (Å²) in [5.74, 6) is -0.0482. The Labute approximate surface area is 165 Å². The number of likely N-dealkylation sites (N-methyl/N-ethyl adjacent to an activating group) is 1. The second-order valence-corrected chi connectivity index (χ2v) is 7.37. The summed E-state index contributed by atoms with van der Waals surface area (Å²) in [6, 6.07) is 8.26. The van der Waals surface area contributed by atoms with Crippen molar-refractivity contribution >= 4 is 35.9 Å². The molecule has 0 spiro atoms. The quantitative estimate of drug-likeness (QED) is 0.709. The highest BCUT2D eigenvalue weighted by atomic mass is 35.5. The molecule has 2 fully saturated rings. The molecule has 1 aromatic carbocycles. The number of halogens is 2. The number of carbonyl (C=O) groups is 2. The molecule has 2 heterocycles. The van der Waals surface area contributed by atoms with Gasteiger partial charge in [-0.05, 0) is 43.4 Å². The van der Waals surface area contributed by atoms with Crippen LogP contribution >= 0.6 is 24.0 Å². The summed E-state index contributed by atoms with van der Waals surface area (Å²) in [4.78, 5) is 26.0. The molecule has 3 rings (SSSR count). The summed E-state index contributed by atoms with van der Waals surface area (Å²) >= 11 is 5.83. The van der Waals surface area contributed by atoms with Crippen molar-refractivity contribution in [1.82, 2.24) is 20.9 Å². The Morgan fingerprint density at radius 1 is 1.15 bits per heavy atom. The van der Waals surface area contributed by atoms with Crippen LogP contribution in [0.25, 0.3) is 0 Å². The Morgan fingerprint density at radius 2 is 1.77 bits per heavy atom. The van der Waals surface area contributed by atoms with E-state index in [0.717, 1.165) is 18.4 Å². The Balaban J connectivity index is 0.00000243. The topological polar surface area (TPSA) is 73.5 Å². The van der Waals surface area contributed by atoms with E-state index in [0.29, 0.717) is 23.7 Å². The minimum absolute atomic E-state index is 0. The van der Waals surface area contributed by atoms with Gasteiger partial charge in [-0.1, -0.05) is 23.7 Å². The van der Waals surface area contributed by atoms with Gasteiger partial charge in [0.05, 0.1) is 6.54 Å². The van der Waals surface area contributed by atoms with E-state index in [2.05, 4.69) is 16.0 Å². The van der Waals surface area contributed by atoms with Crippen LogP contribution in [-0.4, -0.2) is 48.6 Å². The first kappa shape index (κ1) is 20.8. The van der Waals surface area contributed by atoms with Crippen molar-refractivity contribution in [3.63, 3.8) is 0 Å². The maximum atomic E-state index is 12.3. The Kier molecular flexibility index (Phi) is 7.55. The van der Waals surface area contributed by atoms with Crippen LogP contribution in [0.2, 0.25) is 5.02 Å². The molecular formula is C18H26Cl2N4O2. The van der Waals surface area contributed by atoms with Crippen molar-refractivity contribution in [1.29, 1.82) is 0 Å². The SMILES string of the molecule is CN(C(=O)CNC(=O)NCc1ccc(Cl)cc1)C1CC2CCC(C1)N2.Cl. The molecule has 2 atom stereocenters. The molecule has 3 amide bonds. The van der Waals surface area contributed by atoms with Crippen molar-refractivity contribution < 1.29 is 9.59 Å². The highest BCUT2D eigenvalue weighted by Gasteiger charge is 2.36. The lowest BCUT2D eigenvalue weighted by Gasteiger charge is -2.35. The fraction of sp³-hybridized carbons (Fsp3) is 0.556. The van der Waals surface area contributed by atoms with Gasteiger partial charge in [0.15, 0.2) is 0 Å². The Bertz CT molecular complexity index is 614. The summed E-state index contributed by atoms with van der Waals surface area (Å²) in [6.07, 6.45) is 4.41. The predicted molar refractivity (Wildman–Crippen MR) is 105 cm³/mol. The molecule has 0 aromatic heterocycles. The van der Waals surface area contributed by atoms with Crippen LogP contribution in [0.15, 0.2) is 24.3 Å². The third-order valence-corrected chi connectivity index (χ3v) is 5.41. The average Bonchev–Trinajstić information content (AvgIpc) is 2.96. The van der Waals surface area contributed by atoms with Crippen LogP contribution in [0.3, 0.4) is 0 Å². The van der Waals surface area contributed by atoms with Gasteiger partial charge in [0.1, 0.15) is 0 Å². The number of fused-ring (bicyclic) bond motifs is 2. The van der Waals surface area contributed by atoms with E-state index in [9.17, 15) is 9.59 Å². The van der Waals surface area contributed by atoms with E-state index in [1.807, 2.05) is 19.2 Å². The zero-order valence-corrected chi connectivity index (χ0v) is 16.4. The number of hydrogen-bond acceptors (Lipinski definition) is 3. The lowest BCUT2D eigenvalue weighted by atomic mass is 9.98. The van der Waals surface area contributed by atoms with Gasteiger partial charge in [-0.3, -0.25) is 4.79 Å². The number of urea groups is 1. The lowest BCUT2D eigenvalue weighted by molar-refractivity contribution is -0.131. The zero-order valence-electron chi connectivity index (χ0n) is 14.8. The van der Waals surface area contributed by atoms with E-state index in [1.165, 1.54) is 12.8 Å². The number of rotatable bonds is 5. The molecule has 144 valence electrons. The van der Waals surface area contributed by atoms with Crippen LogP contribution in [0.5, 0.6) is 0 Å². The fourth-order valence-electron chi connectivity index (χ4n) is 3.67. The molecule has 2 saturated heterocycles. The Hall–Kier alpha value is -1.50. The highest BCUT2D eigenvalue weighted by molar-refractivity contribution is 6.30. The largest absolute Gasteiger partial charge is 0.341 e. The minimum atomic E-state index is -0.345. The molecule has 2 unspecified atom stereocenters. The molecule has 2 aliphatic heterocycles. The van der Waals surface area contributed by atoms with Gasteiger partial charge in [-0.25, -0.2) is 4.79 Å². The maximum Gasteiger partial charge on any atom is 0.315 e. The van der Waals surface area contributed by atoms with Crippen molar-refractivity contribution in [2.45, 2.75) is 50.4 Å². The van der Waals surface area contributed by atoms with Crippen LogP contribution in [0.1, 0.15) is 31.2 Å². The third-order valence-electron chi connectivity index (χ3n) is 5.16. The summed E-state index contributed by atoms with van der Waals surface area (Å²) in [7, 11) is 1.84. The Morgan fingerprint density at radius 3 is 2.38 bits per heavy atom. The van der Waals surface area contributed by atoms with E-state index >= 15 is 0 Å². The second-order valence-electron chi connectivity index (χ2n) is 6.93. The first-order chi connectivity index (χ1) is 12.0. The number of amides is 3. The number of piperidine rings is 1. The van der Waals surface area contributed by atoms with Gasteiger partial charge in [0.2, 0.25) is 5.91 Å². The standard InChI is InChI=1S/C18H25ClN4O2.ClH/c1-23(16-8-14-6-7-15(9-16)22-14)17(24)11-21-18(25)20-10-12-2-4-13(19)5-3-12;/h2-5,14-16,22H,6-11H2,1H3,(H2,20,21,25);1H. The normalized spacial score (nSPS) is 23.7. The number of benzene rings is 1. The summed E-state index contributed by atoms with van der Waals surface area (Å²) in [6.45, 7) is 0.410. The highest BCUT2D eigenvalue weighted by Crippen LogP contribution is 2.29. The third kappa shape index (κ3) is 5.50. The first-order valence-electron chi connectivity index (χ1n) is 8.79.